The first-order chi connectivity index (χ1) is 9.31. The first-order valence-electron chi connectivity index (χ1n) is 7.68. The standard InChI is InChI=1S/C17H25NO/c1-14-2-4-16(5-3-14)17-6-9-18(10-7-17)12-15-8-11-19-13-15/h2-5,15,17H,6-13H2,1H3. The molecule has 0 spiro atoms. The van der Waals surface area contributed by atoms with Gasteiger partial charge in [0.25, 0.3) is 0 Å². The lowest BCUT2D eigenvalue weighted by Gasteiger charge is -2.33. The Bertz CT molecular complexity index is 386. The highest BCUT2D eigenvalue weighted by Crippen LogP contribution is 2.29. The van der Waals surface area contributed by atoms with Crippen LogP contribution >= 0.6 is 0 Å². The molecular formula is C17H25NO. The number of benzene rings is 1. The summed E-state index contributed by atoms with van der Waals surface area (Å²) in [5.41, 5.74) is 2.90. The van der Waals surface area contributed by atoms with Crippen molar-refractivity contribution in [2.45, 2.75) is 32.1 Å². The van der Waals surface area contributed by atoms with Gasteiger partial charge in [-0.25, -0.2) is 0 Å². The highest BCUT2D eigenvalue weighted by atomic mass is 16.5. The van der Waals surface area contributed by atoms with E-state index in [2.05, 4.69) is 36.1 Å². The van der Waals surface area contributed by atoms with Crippen molar-refractivity contribution < 1.29 is 4.74 Å². The topological polar surface area (TPSA) is 12.5 Å². The Labute approximate surface area is 116 Å². The van der Waals surface area contributed by atoms with Crippen LogP contribution in [-0.2, 0) is 4.74 Å². The van der Waals surface area contributed by atoms with Crippen molar-refractivity contribution in [1.29, 1.82) is 0 Å². The van der Waals surface area contributed by atoms with Gasteiger partial charge in [0.1, 0.15) is 0 Å². The van der Waals surface area contributed by atoms with E-state index in [9.17, 15) is 0 Å². The van der Waals surface area contributed by atoms with Gasteiger partial charge in [0.15, 0.2) is 0 Å². The van der Waals surface area contributed by atoms with Gasteiger partial charge in [-0.2, -0.15) is 0 Å². The van der Waals surface area contributed by atoms with Crippen LogP contribution in [0.1, 0.15) is 36.3 Å². The Morgan fingerprint density at radius 2 is 1.84 bits per heavy atom. The molecule has 1 aromatic rings. The zero-order valence-electron chi connectivity index (χ0n) is 12.0. The quantitative estimate of drug-likeness (QED) is 0.826. The van der Waals surface area contributed by atoms with E-state index in [4.69, 9.17) is 4.74 Å². The Balaban J connectivity index is 1.50. The van der Waals surface area contributed by atoms with Crippen molar-refractivity contribution in [3.8, 4) is 0 Å². The molecule has 2 saturated heterocycles. The molecule has 19 heavy (non-hydrogen) atoms. The molecule has 0 aromatic heterocycles. The third kappa shape index (κ3) is 3.37. The van der Waals surface area contributed by atoms with Crippen LogP contribution in [0.3, 0.4) is 0 Å². The maximum Gasteiger partial charge on any atom is 0.0507 e. The zero-order chi connectivity index (χ0) is 13.1. The van der Waals surface area contributed by atoms with Crippen molar-refractivity contribution in [1.82, 2.24) is 4.90 Å². The van der Waals surface area contributed by atoms with Crippen molar-refractivity contribution in [3.05, 3.63) is 35.4 Å². The van der Waals surface area contributed by atoms with Crippen LogP contribution in [0.4, 0.5) is 0 Å². The van der Waals surface area contributed by atoms with Gasteiger partial charge in [-0.3, -0.25) is 0 Å². The minimum Gasteiger partial charge on any atom is -0.381 e. The van der Waals surface area contributed by atoms with Crippen molar-refractivity contribution >= 4 is 0 Å². The molecule has 0 radical (unpaired) electrons. The van der Waals surface area contributed by atoms with Crippen molar-refractivity contribution in [3.63, 3.8) is 0 Å². The van der Waals surface area contributed by atoms with Crippen LogP contribution in [0, 0.1) is 12.8 Å². The third-order valence-corrected chi connectivity index (χ3v) is 4.68. The van der Waals surface area contributed by atoms with Gasteiger partial charge in [-0.05, 0) is 56.7 Å². The summed E-state index contributed by atoms with van der Waals surface area (Å²) in [4.78, 5) is 2.64. The van der Waals surface area contributed by atoms with Crippen LogP contribution < -0.4 is 0 Å². The molecule has 2 heterocycles. The van der Waals surface area contributed by atoms with Crippen LogP contribution in [0.15, 0.2) is 24.3 Å². The fraction of sp³-hybridized carbons (Fsp3) is 0.647. The Hall–Kier alpha value is -0.860. The smallest absolute Gasteiger partial charge is 0.0507 e. The van der Waals surface area contributed by atoms with E-state index < -0.39 is 0 Å². The SMILES string of the molecule is Cc1ccc(C2CCN(CC3CCOC3)CC2)cc1. The van der Waals surface area contributed by atoms with Gasteiger partial charge >= 0.3 is 0 Å². The van der Waals surface area contributed by atoms with E-state index in [1.54, 1.807) is 0 Å². The lowest BCUT2D eigenvalue weighted by molar-refractivity contribution is 0.152. The molecule has 0 amide bonds. The highest BCUT2D eigenvalue weighted by Gasteiger charge is 2.24. The van der Waals surface area contributed by atoms with Crippen LogP contribution in [-0.4, -0.2) is 37.7 Å². The Morgan fingerprint density at radius 1 is 1.11 bits per heavy atom. The summed E-state index contributed by atoms with van der Waals surface area (Å²) in [7, 11) is 0. The molecule has 0 N–H and O–H groups in total. The third-order valence-electron chi connectivity index (χ3n) is 4.68. The average Bonchev–Trinajstić information content (AvgIpc) is 2.94. The number of hydrogen-bond acceptors (Lipinski definition) is 2. The fourth-order valence-electron chi connectivity index (χ4n) is 3.38. The largest absolute Gasteiger partial charge is 0.381 e. The summed E-state index contributed by atoms with van der Waals surface area (Å²) in [6.45, 7) is 7.89. The molecule has 104 valence electrons. The van der Waals surface area contributed by atoms with Gasteiger partial charge in [0.2, 0.25) is 0 Å². The summed E-state index contributed by atoms with van der Waals surface area (Å²) < 4.78 is 5.47. The summed E-state index contributed by atoms with van der Waals surface area (Å²) >= 11 is 0. The second kappa shape index (κ2) is 6.06. The van der Waals surface area contributed by atoms with Crippen LogP contribution in [0.5, 0.6) is 0 Å². The first kappa shape index (κ1) is 13.1. The maximum atomic E-state index is 5.47. The zero-order valence-corrected chi connectivity index (χ0v) is 12.0. The summed E-state index contributed by atoms with van der Waals surface area (Å²) in [5, 5.41) is 0. The van der Waals surface area contributed by atoms with E-state index in [-0.39, 0.29) is 0 Å². The molecule has 2 fully saturated rings. The van der Waals surface area contributed by atoms with Gasteiger partial charge in [-0.15, -0.1) is 0 Å². The Kier molecular flexibility index (Phi) is 4.19. The average molecular weight is 259 g/mol. The molecule has 2 nitrogen and oxygen atoms in total. The molecule has 0 bridgehead atoms. The first-order valence-corrected chi connectivity index (χ1v) is 7.68. The normalized spacial score (nSPS) is 25.8. The Morgan fingerprint density at radius 3 is 2.47 bits per heavy atom. The maximum absolute atomic E-state index is 5.47. The van der Waals surface area contributed by atoms with Gasteiger partial charge < -0.3 is 9.64 Å². The highest BCUT2D eigenvalue weighted by molar-refractivity contribution is 5.24. The van der Waals surface area contributed by atoms with Crippen molar-refractivity contribution in [2.24, 2.45) is 5.92 Å². The molecular weight excluding hydrogens is 234 g/mol. The number of likely N-dealkylation sites (tertiary alicyclic amines) is 1. The summed E-state index contributed by atoms with van der Waals surface area (Å²) in [6, 6.07) is 9.14. The molecule has 1 atom stereocenters. The number of aryl methyl sites for hydroxylation is 1. The minimum atomic E-state index is 0.775. The molecule has 2 aliphatic heterocycles. The molecule has 2 heteroatoms. The van der Waals surface area contributed by atoms with E-state index in [0.717, 1.165) is 25.0 Å². The molecule has 3 rings (SSSR count). The minimum absolute atomic E-state index is 0.775. The van der Waals surface area contributed by atoms with E-state index in [0.29, 0.717) is 0 Å². The number of rotatable bonds is 3. The molecule has 2 aliphatic rings. The lowest BCUT2D eigenvalue weighted by Crippen LogP contribution is -2.36. The predicted octanol–water partition coefficient (Wildman–Crippen LogP) is 3.21. The fourth-order valence-corrected chi connectivity index (χ4v) is 3.38. The number of piperidine rings is 1. The molecule has 1 aromatic carbocycles. The van der Waals surface area contributed by atoms with Crippen molar-refractivity contribution in [2.75, 3.05) is 32.8 Å². The molecule has 0 aliphatic carbocycles. The van der Waals surface area contributed by atoms with Gasteiger partial charge in [0.05, 0.1) is 6.61 Å². The van der Waals surface area contributed by atoms with Crippen LogP contribution in [0.2, 0.25) is 0 Å². The number of ether oxygens (including phenoxy) is 1. The van der Waals surface area contributed by atoms with Gasteiger partial charge in [-0.1, -0.05) is 29.8 Å². The molecule has 0 saturated carbocycles. The second-order valence-electron chi connectivity index (χ2n) is 6.22. The predicted molar refractivity (Wildman–Crippen MR) is 78.5 cm³/mol. The monoisotopic (exact) mass is 259 g/mol. The number of nitrogens with zero attached hydrogens (tertiary/aromatic N) is 1. The summed E-state index contributed by atoms with van der Waals surface area (Å²) in [6.07, 6.45) is 3.89. The van der Waals surface area contributed by atoms with E-state index in [1.165, 1.54) is 50.0 Å². The lowest BCUT2D eigenvalue weighted by atomic mass is 9.88. The van der Waals surface area contributed by atoms with E-state index in [1.807, 2.05) is 0 Å². The van der Waals surface area contributed by atoms with Crippen LogP contribution in [0.25, 0.3) is 0 Å². The van der Waals surface area contributed by atoms with Gasteiger partial charge in [0, 0.05) is 13.2 Å². The van der Waals surface area contributed by atoms with E-state index >= 15 is 0 Å². The molecule has 1 unspecified atom stereocenters. The summed E-state index contributed by atoms with van der Waals surface area (Å²) in [5.74, 6) is 1.56. The second-order valence-corrected chi connectivity index (χ2v) is 6.22. The number of hydrogen-bond donors (Lipinski definition) is 0.